The van der Waals surface area contributed by atoms with Crippen molar-refractivity contribution in [2.45, 2.75) is 31.7 Å². The lowest BCUT2D eigenvalue weighted by Crippen LogP contribution is -2.39. The summed E-state index contributed by atoms with van der Waals surface area (Å²) in [4.78, 5) is 27.2. The molecule has 1 saturated heterocycles. The van der Waals surface area contributed by atoms with E-state index in [1.54, 1.807) is 9.42 Å². The minimum atomic E-state index is -0.236. The van der Waals surface area contributed by atoms with Gasteiger partial charge in [0.2, 0.25) is 6.41 Å². The van der Waals surface area contributed by atoms with Gasteiger partial charge in [-0.25, -0.2) is 4.52 Å². The lowest BCUT2D eigenvalue weighted by molar-refractivity contribution is -0.121. The number of carbonyl (C=O) groups excluding carboxylic acids is 1. The van der Waals surface area contributed by atoms with Crippen molar-refractivity contribution in [3.63, 3.8) is 0 Å². The minimum Gasteiger partial charge on any atom is -0.343 e. The van der Waals surface area contributed by atoms with Crippen LogP contribution in [-0.2, 0) is 4.79 Å². The van der Waals surface area contributed by atoms with Crippen molar-refractivity contribution in [2.24, 2.45) is 0 Å². The van der Waals surface area contributed by atoms with Gasteiger partial charge >= 0.3 is 0 Å². The summed E-state index contributed by atoms with van der Waals surface area (Å²) in [7, 11) is 0. The molecular formula is C14H15N5O2. The summed E-state index contributed by atoms with van der Waals surface area (Å²) in [6.45, 7) is 2.66. The van der Waals surface area contributed by atoms with Gasteiger partial charge in [-0.1, -0.05) is 0 Å². The molecule has 0 saturated carbocycles. The number of aromatic nitrogens is 3. The van der Waals surface area contributed by atoms with Gasteiger partial charge in [-0.15, -0.1) is 0 Å². The van der Waals surface area contributed by atoms with Crippen LogP contribution < -0.4 is 5.56 Å². The van der Waals surface area contributed by atoms with Crippen LogP contribution in [0.4, 0.5) is 0 Å². The molecule has 1 aliphatic rings. The third-order valence-corrected chi connectivity index (χ3v) is 4.14. The number of nitrogens with zero attached hydrogens (tertiary/aromatic N) is 4. The predicted octanol–water partition coefficient (Wildman–Crippen LogP) is 0.619. The lowest BCUT2D eigenvalue weighted by Gasteiger charge is -2.35. The molecule has 0 radical (unpaired) electrons. The first kappa shape index (κ1) is 13.4. The Balaban J connectivity index is 2.05. The minimum absolute atomic E-state index is 0.126. The van der Waals surface area contributed by atoms with Crippen LogP contribution in [-0.4, -0.2) is 38.5 Å². The molecule has 1 N–H and O–H groups in total. The first-order chi connectivity index (χ1) is 10.1. The Morgan fingerprint density at radius 2 is 2.38 bits per heavy atom. The number of likely N-dealkylation sites (tertiary alicyclic amines) is 1. The number of rotatable bonds is 2. The standard InChI is InChI=1S/C14H15N5O2/c1-9-4-10(2-3-18(9)8-20)12-5-13(21)17-14-11(6-15)7-16-19(12)14/h5,7-10H,2-4H2,1H3,(H,17,21). The highest BCUT2D eigenvalue weighted by Crippen LogP contribution is 2.30. The highest BCUT2D eigenvalue weighted by molar-refractivity contribution is 5.54. The number of hydrogen-bond acceptors (Lipinski definition) is 4. The second-order valence-corrected chi connectivity index (χ2v) is 5.40. The van der Waals surface area contributed by atoms with Crippen molar-refractivity contribution in [3.05, 3.63) is 33.9 Å². The smallest absolute Gasteiger partial charge is 0.251 e. The maximum absolute atomic E-state index is 11.8. The van der Waals surface area contributed by atoms with Crippen LogP contribution >= 0.6 is 0 Å². The van der Waals surface area contributed by atoms with Crippen molar-refractivity contribution in [1.29, 1.82) is 5.26 Å². The molecule has 0 spiro atoms. The predicted molar refractivity (Wildman–Crippen MR) is 74.7 cm³/mol. The van der Waals surface area contributed by atoms with Gasteiger partial charge in [0.05, 0.1) is 11.9 Å². The normalized spacial score (nSPS) is 22.2. The highest BCUT2D eigenvalue weighted by Gasteiger charge is 2.27. The van der Waals surface area contributed by atoms with Gasteiger partial charge in [0, 0.05) is 24.6 Å². The zero-order chi connectivity index (χ0) is 15.0. The molecule has 3 rings (SSSR count). The summed E-state index contributed by atoms with van der Waals surface area (Å²) >= 11 is 0. The fraction of sp³-hybridized carbons (Fsp3) is 0.429. The average molecular weight is 285 g/mol. The number of hydrogen-bond donors (Lipinski definition) is 1. The van der Waals surface area contributed by atoms with Crippen molar-refractivity contribution in [1.82, 2.24) is 19.5 Å². The third kappa shape index (κ3) is 2.18. The van der Waals surface area contributed by atoms with Crippen molar-refractivity contribution < 1.29 is 4.79 Å². The van der Waals surface area contributed by atoms with Crippen molar-refractivity contribution in [2.75, 3.05) is 6.54 Å². The summed E-state index contributed by atoms with van der Waals surface area (Å²) in [5, 5.41) is 13.3. The largest absolute Gasteiger partial charge is 0.343 e. The zero-order valence-electron chi connectivity index (χ0n) is 11.6. The number of aromatic amines is 1. The maximum atomic E-state index is 11.8. The van der Waals surface area contributed by atoms with Gasteiger partial charge < -0.3 is 9.88 Å². The summed E-state index contributed by atoms with van der Waals surface area (Å²) in [5.41, 5.74) is 1.35. The Kier molecular flexibility index (Phi) is 3.22. The second-order valence-electron chi connectivity index (χ2n) is 5.40. The van der Waals surface area contributed by atoms with Gasteiger partial charge in [0.15, 0.2) is 5.65 Å². The van der Waals surface area contributed by atoms with E-state index in [4.69, 9.17) is 5.26 Å². The molecular weight excluding hydrogens is 270 g/mol. The van der Waals surface area contributed by atoms with E-state index in [9.17, 15) is 9.59 Å². The molecule has 7 heteroatoms. The third-order valence-electron chi connectivity index (χ3n) is 4.14. The van der Waals surface area contributed by atoms with Crippen LogP contribution in [0, 0.1) is 11.3 Å². The molecule has 7 nitrogen and oxygen atoms in total. The van der Waals surface area contributed by atoms with E-state index in [-0.39, 0.29) is 17.5 Å². The van der Waals surface area contributed by atoms with E-state index < -0.39 is 0 Å². The number of carbonyl (C=O) groups is 1. The molecule has 2 aromatic rings. The Morgan fingerprint density at radius 3 is 3.05 bits per heavy atom. The second kappa shape index (κ2) is 5.05. The first-order valence-electron chi connectivity index (χ1n) is 6.86. The number of H-pyrrole nitrogens is 1. The maximum Gasteiger partial charge on any atom is 0.251 e. The summed E-state index contributed by atoms with van der Waals surface area (Å²) in [6.07, 6.45) is 3.89. The molecule has 1 amide bonds. The molecule has 21 heavy (non-hydrogen) atoms. The van der Waals surface area contributed by atoms with Gasteiger partial charge in [0.1, 0.15) is 11.6 Å². The number of nitrogens with one attached hydrogen (secondary N) is 1. The Morgan fingerprint density at radius 1 is 1.57 bits per heavy atom. The number of fused-ring (bicyclic) bond motifs is 1. The molecule has 1 fully saturated rings. The van der Waals surface area contributed by atoms with Gasteiger partial charge in [-0.3, -0.25) is 9.59 Å². The van der Waals surface area contributed by atoms with Gasteiger partial charge in [-0.05, 0) is 19.8 Å². The van der Waals surface area contributed by atoms with Gasteiger partial charge in [0.25, 0.3) is 5.56 Å². The molecule has 0 bridgehead atoms. The Labute approximate surface area is 120 Å². The fourth-order valence-electron chi connectivity index (χ4n) is 3.00. The number of piperidine rings is 1. The van der Waals surface area contributed by atoms with E-state index in [2.05, 4.69) is 10.1 Å². The monoisotopic (exact) mass is 285 g/mol. The Bertz CT molecular complexity index is 785. The van der Waals surface area contributed by atoms with Crippen LogP contribution in [0.1, 0.15) is 36.9 Å². The highest BCUT2D eigenvalue weighted by atomic mass is 16.1. The Hall–Kier alpha value is -2.62. The van der Waals surface area contributed by atoms with Crippen LogP contribution in [0.2, 0.25) is 0 Å². The van der Waals surface area contributed by atoms with E-state index in [1.165, 1.54) is 12.3 Å². The lowest BCUT2D eigenvalue weighted by atomic mass is 9.89. The zero-order valence-corrected chi connectivity index (χ0v) is 11.6. The summed E-state index contributed by atoms with van der Waals surface area (Å²) in [5.74, 6) is 0.146. The van der Waals surface area contributed by atoms with Crippen molar-refractivity contribution >= 4 is 12.1 Å². The molecule has 0 aliphatic carbocycles. The number of amides is 1. The molecule has 2 unspecified atom stereocenters. The molecule has 3 heterocycles. The van der Waals surface area contributed by atoms with E-state index in [1.807, 2.05) is 13.0 Å². The van der Waals surface area contributed by atoms with E-state index in [0.717, 1.165) is 24.9 Å². The number of nitriles is 1. The van der Waals surface area contributed by atoms with Gasteiger partial charge in [-0.2, -0.15) is 10.4 Å². The average Bonchev–Trinajstić information content (AvgIpc) is 2.89. The first-order valence-corrected chi connectivity index (χ1v) is 6.86. The molecule has 2 atom stereocenters. The topological polar surface area (TPSA) is 94.3 Å². The summed E-state index contributed by atoms with van der Waals surface area (Å²) in [6, 6.07) is 3.69. The van der Waals surface area contributed by atoms with Crippen LogP contribution in [0.3, 0.4) is 0 Å². The van der Waals surface area contributed by atoms with Crippen molar-refractivity contribution in [3.8, 4) is 6.07 Å². The molecule has 0 aromatic carbocycles. The van der Waals surface area contributed by atoms with Crippen LogP contribution in [0.15, 0.2) is 17.1 Å². The quantitative estimate of drug-likeness (QED) is 0.818. The molecule has 1 aliphatic heterocycles. The summed E-state index contributed by atoms with van der Waals surface area (Å²) < 4.78 is 1.63. The SMILES string of the molecule is CC1CC(c2cc(=O)[nH]c3c(C#N)cnn23)CCN1C=O. The van der Waals surface area contributed by atoms with E-state index >= 15 is 0 Å². The molecule has 2 aromatic heterocycles. The fourth-order valence-corrected chi connectivity index (χ4v) is 3.00. The van der Waals surface area contributed by atoms with E-state index in [0.29, 0.717) is 17.8 Å². The molecule has 108 valence electrons. The van der Waals surface area contributed by atoms with Crippen LogP contribution in [0.5, 0.6) is 0 Å². The van der Waals surface area contributed by atoms with Crippen LogP contribution in [0.25, 0.3) is 5.65 Å².